The van der Waals surface area contributed by atoms with E-state index in [4.69, 9.17) is 5.73 Å². The van der Waals surface area contributed by atoms with Gasteiger partial charge in [-0.25, -0.2) is 4.98 Å². The Bertz CT molecular complexity index is 154. The maximum atomic E-state index is 5.36. The average molecular weight is 199 g/mol. The second kappa shape index (κ2) is 10.1. The lowest BCUT2D eigenvalue weighted by atomic mass is 10.4. The van der Waals surface area contributed by atoms with Gasteiger partial charge in [-0.15, -0.1) is 0 Å². The van der Waals surface area contributed by atoms with Crippen molar-refractivity contribution in [2.75, 3.05) is 26.2 Å². The molecule has 0 saturated heterocycles. The molecule has 1 rings (SSSR count). The molecule has 82 valence electrons. The highest BCUT2D eigenvalue weighted by molar-refractivity contribution is 4.51. The van der Waals surface area contributed by atoms with Crippen LogP contribution in [0.1, 0.15) is 20.3 Å². The molecule has 0 amide bonds. The first-order chi connectivity index (χ1) is 6.85. The minimum absolute atomic E-state index is 0.816. The molecule has 5 nitrogen and oxygen atoms in total. The quantitative estimate of drug-likeness (QED) is 0.723. The topological polar surface area (TPSA) is 70.8 Å². The summed E-state index contributed by atoms with van der Waals surface area (Å²) in [6.45, 7) is 8.63. The standard InChI is InChI=1S/C7H18N2.C2H3N3/c1-3-9(4-2)7-5-6-8;1-3-2-5-4-1/h3-8H2,1-2H3;1-2H,(H,3,4,5). The minimum Gasteiger partial charge on any atom is -0.330 e. The summed E-state index contributed by atoms with van der Waals surface area (Å²) in [6, 6.07) is 0. The Morgan fingerprint density at radius 3 is 2.36 bits per heavy atom. The Hall–Kier alpha value is -0.940. The van der Waals surface area contributed by atoms with Gasteiger partial charge in [0.05, 0.1) is 0 Å². The van der Waals surface area contributed by atoms with Gasteiger partial charge in [0.2, 0.25) is 0 Å². The van der Waals surface area contributed by atoms with Crippen LogP contribution in [0.5, 0.6) is 0 Å². The van der Waals surface area contributed by atoms with E-state index < -0.39 is 0 Å². The smallest absolute Gasteiger partial charge is 0.137 e. The van der Waals surface area contributed by atoms with E-state index in [1.165, 1.54) is 12.7 Å². The fraction of sp³-hybridized carbons (Fsp3) is 0.778. The molecule has 14 heavy (non-hydrogen) atoms. The van der Waals surface area contributed by atoms with Crippen molar-refractivity contribution in [1.82, 2.24) is 20.1 Å². The molecule has 0 spiro atoms. The van der Waals surface area contributed by atoms with Gasteiger partial charge in [0.25, 0.3) is 0 Å². The molecule has 5 heteroatoms. The van der Waals surface area contributed by atoms with Crippen molar-refractivity contribution in [3.05, 3.63) is 12.7 Å². The molecule has 0 aliphatic rings. The predicted molar refractivity (Wildman–Crippen MR) is 57.8 cm³/mol. The molecule has 1 heterocycles. The van der Waals surface area contributed by atoms with Crippen LogP contribution in [0.3, 0.4) is 0 Å². The van der Waals surface area contributed by atoms with Crippen molar-refractivity contribution in [3.8, 4) is 0 Å². The number of H-pyrrole nitrogens is 1. The van der Waals surface area contributed by atoms with E-state index in [0.717, 1.165) is 32.6 Å². The van der Waals surface area contributed by atoms with Crippen LogP contribution in [0.15, 0.2) is 12.7 Å². The Labute approximate surface area is 85.7 Å². The molecule has 0 unspecified atom stereocenters. The number of aromatic nitrogens is 3. The van der Waals surface area contributed by atoms with Gasteiger partial charge in [0.1, 0.15) is 12.7 Å². The molecule has 0 aromatic carbocycles. The molecule has 0 bridgehead atoms. The Kier molecular flexibility index (Phi) is 9.46. The predicted octanol–water partition coefficient (Wildman–Crippen LogP) is 0.482. The summed E-state index contributed by atoms with van der Waals surface area (Å²) in [5.41, 5.74) is 5.36. The summed E-state index contributed by atoms with van der Waals surface area (Å²) in [4.78, 5) is 5.94. The molecule has 0 atom stereocenters. The highest BCUT2D eigenvalue weighted by Gasteiger charge is 1.94. The Morgan fingerprint density at radius 2 is 2.07 bits per heavy atom. The van der Waals surface area contributed by atoms with Gasteiger partial charge in [-0.2, -0.15) is 5.10 Å². The van der Waals surface area contributed by atoms with Gasteiger partial charge in [-0.1, -0.05) is 13.8 Å². The number of hydrogen-bond acceptors (Lipinski definition) is 4. The SMILES string of the molecule is CCN(CC)CCCN.c1nc[nH]n1. The van der Waals surface area contributed by atoms with E-state index in [0.29, 0.717) is 0 Å². The van der Waals surface area contributed by atoms with Crippen molar-refractivity contribution in [1.29, 1.82) is 0 Å². The summed E-state index contributed by atoms with van der Waals surface area (Å²) >= 11 is 0. The van der Waals surface area contributed by atoms with Crippen LogP contribution >= 0.6 is 0 Å². The lowest BCUT2D eigenvalue weighted by Crippen LogP contribution is -2.25. The fourth-order valence-electron chi connectivity index (χ4n) is 1.02. The maximum Gasteiger partial charge on any atom is 0.137 e. The number of hydrogen-bond donors (Lipinski definition) is 2. The molecular weight excluding hydrogens is 178 g/mol. The van der Waals surface area contributed by atoms with Crippen LogP contribution in [0, 0.1) is 0 Å². The summed E-state index contributed by atoms with van der Waals surface area (Å²) in [5.74, 6) is 0. The largest absolute Gasteiger partial charge is 0.330 e. The third-order valence-corrected chi connectivity index (χ3v) is 1.90. The van der Waals surface area contributed by atoms with Crippen LogP contribution in [0.2, 0.25) is 0 Å². The molecule has 1 aromatic heterocycles. The zero-order valence-electron chi connectivity index (χ0n) is 9.11. The van der Waals surface area contributed by atoms with Crippen molar-refractivity contribution in [2.45, 2.75) is 20.3 Å². The molecule has 0 saturated carbocycles. The summed E-state index contributed by atoms with van der Waals surface area (Å²) in [7, 11) is 0. The second-order valence-corrected chi connectivity index (χ2v) is 2.82. The molecular formula is C9H21N5. The van der Waals surface area contributed by atoms with Crippen molar-refractivity contribution >= 4 is 0 Å². The summed E-state index contributed by atoms with van der Waals surface area (Å²) in [5, 5.41) is 5.99. The molecule has 0 fully saturated rings. The number of nitrogens with two attached hydrogens (primary N) is 1. The van der Waals surface area contributed by atoms with Crippen LogP contribution in [0.4, 0.5) is 0 Å². The van der Waals surface area contributed by atoms with E-state index in [9.17, 15) is 0 Å². The summed E-state index contributed by atoms with van der Waals surface area (Å²) < 4.78 is 0. The van der Waals surface area contributed by atoms with E-state index in [1.807, 2.05) is 0 Å². The Balaban J connectivity index is 0.000000280. The minimum atomic E-state index is 0.816. The van der Waals surface area contributed by atoms with Gasteiger partial charge >= 0.3 is 0 Å². The first-order valence-corrected chi connectivity index (χ1v) is 5.06. The molecule has 0 radical (unpaired) electrons. The highest BCUT2D eigenvalue weighted by Crippen LogP contribution is 1.87. The van der Waals surface area contributed by atoms with E-state index >= 15 is 0 Å². The zero-order chi connectivity index (χ0) is 10.6. The third kappa shape index (κ3) is 7.70. The second-order valence-electron chi connectivity index (χ2n) is 2.82. The first kappa shape index (κ1) is 13.1. The normalized spacial score (nSPS) is 9.71. The molecule has 1 aromatic rings. The first-order valence-electron chi connectivity index (χ1n) is 5.06. The zero-order valence-corrected chi connectivity index (χ0v) is 9.11. The monoisotopic (exact) mass is 199 g/mol. The van der Waals surface area contributed by atoms with Crippen LogP contribution in [-0.4, -0.2) is 46.3 Å². The number of aromatic amines is 1. The summed E-state index contributed by atoms with van der Waals surface area (Å²) in [6.07, 6.45) is 4.08. The van der Waals surface area contributed by atoms with Crippen LogP contribution < -0.4 is 5.73 Å². The lowest BCUT2D eigenvalue weighted by Gasteiger charge is -2.16. The molecule has 0 aliphatic heterocycles. The van der Waals surface area contributed by atoms with E-state index in [-0.39, 0.29) is 0 Å². The van der Waals surface area contributed by atoms with Gasteiger partial charge in [0.15, 0.2) is 0 Å². The van der Waals surface area contributed by atoms with Gasteiger partial charge in [-0.3, -0.25) is 5.10 Å². The van der Waals surface area contributed by atoms with Crippen molar-refractivity contribution < 1.29 is 0 Å². The Morgan fingerprint density at radius 1 is 1.36 bits per heavy atom. The van der Waals surface area contributed by atoms with Crippen molar-refractivity contribution in [3.63, 3.8) is 0 Å². The molecule has 3 N–H and O–H groups in total. The maximum absolute atomic E-state index is 5.36. The lowest BCUT2D eigenvalue weighted by molar-refractivity contribution is 0.302. The average Bonchev–Trinajstić information content (AvgIpc) is 2.78. The number of rotatable bonds is 5. The van der Waals surface area contributed by atoms with Crippen molar-refractivity contribution in [2.24, 2.45) is 5.73 Å². The van der Waals surface area contributed by atoms with Gasteiger partial charge in [0, 0.05) is 0 Å². The number of nitrogens with one attached hydrogen (secondary N) is 1. The van der Waals surface area contributed by atoms with Crippen LogP contribution in [0.25, 0.3) is 0 Å². The number of nitrogens with zero attached hydrogens (tertiary/aromatic N) is 3. The molecule has 0 aliphatic carbocycles. The highest BCUT2D eigenvalue weighted by atomic mass is 15.2. The van der Waals surface area contributed by atoms with Crippen LogP contribution in [-0.2, 0) is 0 Å². The van der Waals surface area contributed by atoms with Gasteiger partial charge < -0.3 is 10.6 Å². The van der Waals surface area contributed by atoms with E-state index in [2.05, 4.69) is 33.9 Å². The third-order valence-electron chi connectivity index (χ3n) is 1.90. The van der Waals surface area contributed by atoms with Gasteiger partial charge in [-0.05, 0) is 32.6 Å². The fourth-order valence-corrected chi connectivity index (χ4v) is 1.02. The van der Waals surface area contributed by atoms with E-state index in [1.54, 1.807) is 0 Å².